The summed E-state index contributed by atoms with van der Waals surface area (Å²) in [6, 6.07) is 7.74. The second-order valence-corrected chi connectivity index (χ2v) is 3.40. The maximum Gasteiger partial charge on any atom is 0.119 e. The van der Waals surface area contributed by atoms with Crippen molar-refractivity contribution in [3.05, 3.63) is 24.3 Å². The molecule has 2 N–H and O–H groups in total. The average Bonchev–Trinajstić information content (AvgIpc) is 2.26. The summed E-state index contributed by atoms with van der Waals surface area (Å²) in [6.45, 7) is 2.99. The summed E-state index contributed by atoms with van der Waals surface area (Å²) in [5.74, 6) is 1.13. The van der Waals surface area contributed by atoms with Crippen molar-refractivity contribution < 1.29 is 9.84 Å². The van der Waals surface area contributed by atoms with Crippen molar-refractivity contribution in [2.75, 3.05) is 25.6 Å². The van der Waals surface area contributed by atoms with E-state index < -0.39 is 0 Å². The SMILES string of the molecule is COc1ccc(NC[C@H](C)CO)cc1. The topological polar surface area (TPSA) is 41.5 Å². The first kappa shape index (κ1) is 10.9. The van der Waals surface area contributed by atoms with Crippen LogP contribution in [0.1, 0.15) is 6.92 Å². The lowest BCUT2D eigenvalue weighted by Gasteiger charge is -2.10. The van der Waals surface area contributed by atoms with Crippen LogP contribution >= 0.6 is 0 Å². The van der Waals surface area contributed by atoms with Crippen molar-refractivity contribution >= 4 is 5.69 Å². The van der Waals surface area contributed by atoms with E-state index >= 15 is 0 Å². The molecule has 0 bridgehead atoms. The van der Waals surface area contributed by atoms with Crippen LogP contribution in [0.3, 0.4) is 0 Å². The Morgan fingerprint density at radius 2 is 2.00 bits per heavy atom. The molecule has 0 saturated carbocycles. The van der Waals surface area contributed by atoms with Crippen LogP contribution in [0.15, 0.2) is 24.3 Å². The van der Waals surface area contributed by atoms with Crippen LogP contribution in [0.5, 0.6) is 5.75 Å². The molecule has 0 spiro atoms. The van der Waals surface area contributed by atoms with E-state index in [9.17, 15) is 0 Å². The number of hydrogen-bond acceptors (Lipinski definition) is 3. The number of benzene rings is 1. The van der Waals surface area contributed by atoms with Crippen LogP contribution in [0.25, 0.3) is 0 Å². The third kappa shape index (κ3) is 3.26. The maximum atomic E-state index is 8.83. The number of nitrogens with one attached hydrogen (secondary N) is 1. The van der Waals surface area contributed by atoms with Gasteiger partial charge in [-0.1, -0.05) is 6.92 Å². The van der Waals surface area contributed by atoms with Crippen LogP contribution in [0.4, 0.5) is 5.69 Å². The molecule has 1 rings (SSSR count). The number of anilines is 1. The molecule has 78 valence electrons. The fourth-order valence-corrected chi connectivity index (χ4v) is 1.07. The van der Waals surface area contributed by atoms with E-state index in [1.165, 1.54) is 0 Å². The monoisotopic (exact) mass is 195 g/mol. The molecule has 0 aliphatic carbocycles. The summed E-state index contributed by atoms with van der Waals surface area (Å²) in [6.07, 6.45) is 0. The summed E-state index contributed by atoms with van der Waals surface area (Å²) in [5, 5.41) is 12.1. The number of aliphatic hydroxyl groups excluding tert-OH is 1. The standard InChI is InChI=1S/C11H17NO2/c1-9(8-13)7-12-10-3-5-11(14-2)6-4-10/h3-6,9,12-13H,7-8H2,1-2H3/t9-/m0/s1. The van der Waals surface area contributed by atoms with Gasteiger partial charge in [0.15, 0.2) is 0 Å². The van der Waals surface area contributed by atoms with Gasteiger partial charge in [-0.05, 0) is 30.2 Å². The normalized spacial score (nSPS) is 12.2. The Morgan fingerprint density at radius 3 is 2.50 bits per heavy atom. The molecule has 0 unspecified atom stereocenters. The molecular weight excluding hydrogens is 178 g/mol. The molecular formula is C11H17NO2. The fourth-order valence-electron chi connectivity index (χ4n) is 1.07. The first-order valence-electron chi connectivity index (χ1n) is 4.75. The minimum absolute atomic E-state index is 0.211. The third-order valence-corrected chi connectivity index (χ3v) is 2.06. The second-order valence-electron chi connectivity index (χ2n) is 3.40. The Morgan fingerprint density at radius 1 is 1.36 bits per heavy atom. The average molecular weight is 195 g/mol. The second kappa shape index (κ2) is 5.50. The van der Waals surface area contributed by atoms with E-state index in [1.54, 1.807) is 7.11 Å². The first-order valence-corrected chi connectivity index (χ1v) is 4.75. The number of rotatable bonds is 5. The van der Waals surface area contributed by atoms with E-state index in [2.05, 4.69) is 5.32 Å². The molecule has 3 nitrogen and oxygen atoms in total. The van der Waals surface area contributed by atoms with E-state index in [4.69, 9.17) is 9.84 Å². The number of hydrogen-bond donors (Lipinski definition) is 2. The highest BCUT2D eigenvalue weighted by Gasteiger charge is 1.99. The summed E-state index contributed by atoms with van der Waals surface area (Å²) >= 11 is 0. The van der Waals surface area contributed by atoms with Crippen LogP contribution in [0, 0.1) is 5.92 Å². The van der Waals surface area contributed by atoms with Crippen LogP contribution < -0.4 is 10.1 Å². The quantitative estimate of drug-likeness (QED) is 0.752. The van der Waals surface area contributed by atoms with Crippen molar-refractivity contribution in [3.8, 4) is 5.75 Å². The van der Waals surface area contributed by atoms with E-state index in [0.29, 0.717) is 0 Å². The number of aliphatic hydroxyl groups is 1. The zero-order valence-corrected chi connectivity index (χ0v) is 8.66. The fraction of sp³-hybridized carbons (Fsp3) is 0.455. The van der Waals surface area contributed by atoms with E-state index in [0.717, 1.165) is 18.0 Å². The van der Waals surface area contributed by atoms with Crippen LogP contribution in [0.2, 0.25) is 0 Å². The largest absolute Gasteiger partial charge is 0.497 e. The first-order chi connectivity index (χ1) is 6.76. The van der Waals surface area contributed by atoms with Crippen molar-refractivity contribution in [3.63, 3.8) is 0 Å². The lowest BCUT2D eigenvalue weighted by atomic mass is 10.2. The van der Waals surface area contributed by atoms with Crippen molar-refractivity contribution in [2.45, 2.75) is 6.92 Å². The molecule has 3 heteroatoms. The lowest BCUT2D eigenvalue weighted by Crippen LogP contribution is -2.14. The Kier molecular flexibility index (Phi) is 4.26. The number of ether oxygens (including phenoxy) is 1. The molecule has 1 aromatic carbocycles. The number of methoxy groups -OCH3 is 1. The Balaban J connectivity index is 2.43. The summed E-state index contributed by atoms with van der Waals surface area (Å²) < 4.78 is 5.05. The molecule has 0 saturated heterocycles. The van der Waals surface area contributed by atoms with Crippen molar-refractivity contribution in [2.24, 2.45) is 5.92 Å². The molecule has 0 amide bonds. The molecule has 0 heterocycles. The van der Waals surface area contributed by atoms with Crippen LogP contribution in [-0.2, 0) is 0 Å². The minimum Gasteiger partial charge on any atom is -0.497 e. The maximum absolute atomic E-state index is 8.83. The Hall–Kier alpha value is -1.22. The van der Waals surface area contributed by atoms with Gasteiger partial charge in [-0.3, -0.25) is 0 Å². The molecule has 1 aromatic rings. The Labute approximate surface area is 84.7 Å². The van der Waals surface area contributed by atoms with Gasteiger partial charge in [0, 0.05) is 18.8 Å². The molecule has 14 heavy (non-hydrogen) atoms. The predicted molar refractivity (Wildman–Crippen MR) is 57.7 cm³/mol. The van der Waals surface area contributed by atoms with E-state index in [1.807, 2.05) is 31.2 Å². The van der Waals surface area contributed by atoms with Crippen molar-refractivity contribution in [1.29, 1.82) is 0 Å². The molecule has 0 radical (unpaired) electrons. The molecule has 0 aliphatic heterocycles. The zero-order chi connectivity index (χ0) is 10.4. The van der Waals surface area contributed by atoms with Gasteiger partial charge >= 0.3 is 0 Å². The third-order valence-electron chi connectivity index (χ3n) is 2.06. The molecule has 0 aromatic heterocycles. The van der Waals surface area contributed by atoms with Gasteiger partial charge in [0.2, 0.25) is 0 Å². The van der Waals surface area contributed by atoms with Gasteiger partial charge in [0.1, 0.15) is 5.75 Å². The lowest BCUT2D eigenvalue weighted by molar-refractivity contribution is 0.244. The minimum atomic E-state index is 0.211. The van der Waals surface area contributed by atoms with Crippen LogP contribution in [-0.4, -0.2) is 25.4 Å². The summed E-state index contributed by atoms with van der Waals surface area (Å²) in [5.41, 5.74) is 1.05. The highest BCUT2D eigenvalue weighted by molar-refractivity contribution is 5.46. The Bertz CT molecular complexity index is 258. The highest BCUT2D eigenvalue weighted by Crippen LogP contribution is 2.15. The van der Waals surface area contributed by atoms with Gasteiger partial charge in [-0.25, -0.2) is 0 Å². The summed E-state index contributed by atoms with van der Waals surface area (Å²) in [7, 11) is 1.65. The van der Waals surface area contributed by atoms with Gasteiger partial charge in [0.05, 0.1) is 7.11 Å². The molecule has 0 aliphatic rings. The zero-order valence-electron chi connectivity index (χ0n) is 8.66. The van der Waals surface area contributed by atoms with Gasteiger partial charge in [-0.2, -0.15) is 0 Å². The van der Waals surface area contributed by atoms with Gasteiger partial charge in [-0.15, -0.1) is 0 Å². The van der Waals surface area contributed by atoms with Gasteiger partial charge in [0.25, 0.3) is 0 Å². The van der Waals surface area contributed by atoms with E-state index in [-0.39, 0.29) is 12.5 Å². The van der Waals surface area contributed by atoms with Gasteiger partial charge < -0.3 is 15.2 Å². The molecule has 1 atom stereocenters. The predicted octanol–water partition coefficient (Wildman–Crippen LogP) is 1.74. The summed E-state index contributed by atoms with van der Waals surface area (Å²) in [4.78, 5) is 0. The highest BCUT2D eigenvalue weighted by atomic mass is 16.5. The van der Waals surface area contributed by atoms with Crippen molar-refractivity contribution in [1.82, 2.24) is 0 Å². The molecule has 0 fully saturated rings. The smallest absolute Gasteiger partial charge is 0.119 e.